The summed E-state index contributed by atoms with van der Waals surface area (Å²) >= 11 is 0. The molecular formula is C13H12F3N3O. The lowest BCUT2D eigenvalue weighted by Crippen LogP contribution is -2.34. The van der Waals surface area contributed by atoms with Gasteiger partial charge in [-0.1, -0.05) is 24.3 Å². The molecule has 1 heterocycles. The minimum absolute atomic E-state index is 0.0693. The van der Waals surface area contributed by atoms with Crippen LogP contribution in [0.15, 0.2) is 41.9 Å². The van der Waals surface area contributed by atoms with Crippen LogP contribution in [0.5, 0.6) is 0 Å². The van der Waals surface area contributed by atoms with Gasteiger partial charge >= 0.3 is 12.2 Å². The van der Waals surface area contributed by atoms with E-state index in [1.807, 2.05) is 0 Å². The van der Waals surface area contributed by atoms with Crippen LogP contribution in [0.1, 0.15) is 17.2 Å². The second kappa shape index (κ2) is 4.99. The van der Waals surface area contributed by atoms with E-state index in [1.54, 1.807) is 0 Å². The van der Waals surface area contributed by atoms with E-state index in [9.17, 15) is 18.0 Å². The van der Waals surface area contributed by atoms with Gasteiger partial charge in [-0.05, 0) is 11.6 Å². The van der Waals surface area contributed by atoms with Gasteiger partial charge in [0.05, 0.1) is 5.56 Å². The SMILES string of the molecule is C=CCN1C(=O)N=C(N)C1c1ccccc1C(F)(F)F. The summed E-state index contributed by atoms with van der Waals surface area (Å²) in [5, 5.41) is 0. The topological polar surface area (TPSA) is 58.7 Å². The van der Waals surface area contributed by atoms with Crippen LogP contribution < -0.4 is 5.73 Å². The van der Waals surface area contributed by atoms with E-state index in [0.29, 0.717) is 0 Å². The lowest BCUT2D eigenvalue weighted by molar-refractivity contribution is -0.138. The van der Waals surface area contributed by atoms with Crippen molar-refractivity contribution in [2.75, 3.05) is 6.54 Å². The van der Waals surface area contributed by atoms with Gasteiger partial charge in [-0.25, -0.2) is 4.79 Å². The summed E-state index contributed by atoms with van der Waals surface area (Å²) in [6.45, 7) is 3.54. The van der Waals surface area contributed by atoms with E-state index in [1.165, 1.54) is 24.3 Å². The van der Waals surface area contributed by atoms with Gasteiger partial charge < -0.3 is 10.6 Å². The number of halogens is 3. The Labute approximate surface area is 113 Å². The zero-order chi connectivity index (χ0) is 14.9. The third-order valence-electron chi connectivity index (χ3n) is 2.95. The monoisotopic (exact) mass is 283 g/mol. The molecule has 1 atom stereocenters. The maximum absolute atomic E-state index is 13.0. The van der Waals surface area contributed by atoms with Crippen LogP contribution in [-0.2, 0) is 6.18 Å². The van der Waals surface area contributed by atoms with Crippen LogP contribution in [0.4, 0.5) is 18.0 Å². The first kappa shape index (κ1) is 14.1. The molecule has 20 heavy (non-hydrogen) atoms. The minimum atomic E-state index is -4.53. The summed E-state index contributed by atoms with van der Waals surface area (Å²) in [4.78, 5) is 16.3. The van der Waals surface area contributed by atoms with E-state index in [2.05, 4.69) is 11.6 Å². The number of benzene rings is 1. The number of rotatable bonds is 3. The normalized spacial score (nSPS) is 19.1. The highest BCUT2D eigenvalue weighted by molar-refractivity contribution is 6.03. The Morgan fingerprint density at radius 1 is 1.40 bits per heavy atom. The highest BCUT2D eigenvalue weighted by Gasteiger charge is 2.41. The number of hydrogen-bond acceptors (Lipinski definition) is 2. The number of aliphatic imine (C=N–C) groups is 1. The summed E-state index contributed by atoms with van der Waals surface area (Å²) in [5.41, 5.74) is 4.70. The predicted molar refractivity (Wildman–Crippen MR) is 68.1 cm³/mol. The van der Waals surface area contributed by atoms with Crippen LogP contribution in [0.25, 0.3) is 0 Å². The summed E-state index contributed by atoms with van der Waals surface area (Å²) in [5.74, 6) is -0.145. The highest BCUT2D eigenvalue weighted by atomic mass is 19.4. The average molecular weight is 283 g/mol. The Bertz CT molecular complexity index is 580. The Hall–Kier alpha value is -2.31. The summed E-state index contributed by atoms with van der Waals surface area (Å²) in [6, 6.07) is 3.32. The molecule has 0 aromatic heterocycles. The smallest absolute Gasteiger partial charge is 0.385 e. The first-order chi connectivity index (χ1) is 9.36. The van der Waals surface area contributed by atoms with Crippen LogP contribution in [0.3, 0.4) is 0 Å². The zero-order valence-corrected chi connectivity index (χ0v) is 10.4. The molecule has 7 heteroatoms. The van der Waals surface area contributed by atoms with Gasteiger partial charge in [0.1, 0.15) is 11.9 Å². The molecule has 2 rings (SSSR count). The van der Waals surface area contributed by atoms with Gasteiger partial charge in [-0.2, -0.15) is 18.2 Å². The minimum Gasteiger partial charge on any atom is -0.385 e. The molecule has 0 fully saturated rings. The average Bonchev–Trinajstić information content (AvgIpc) is 2.64. The molecule has 1 aliphatic heterocycles. The molecule has 1 unspecified atom stereocenters. The summed E-state index contributed by atoms with van der Waals surface area (Å²) in [7, 11) is 0. The standard InChI is InChI=1S/C13H12F3N3O/c1-2-7-19-10(11(17)18-12(19)20)8-5-3-4-6-9(8)13(14,15)16/h2-6,10H,1,7H2,(H2,17,18,20). The molecule has 2 amide bonds. The fourth-order valence-corrected chi connectivity index (χ4v) is 2.15. The number of carbonyl (C=O) groups excluding carboxylic acids is 1. The molecule has 0 spiro atoms. The number of urea groups is 1. The van der Waals surface area contributed by atoms with Gasteiger partial charge in [0.25, 0.3) is 0 Å². The molecular weight excluding hydrogens is 271 g/mol. The Kier molecular flexibility index (Phi) is 3.52. The highest BCUT2D eigenvalue weighted by Crippen LogP contribution is 2.37. The number of carbonyl (C=O) groups is 1. The molecule has 0 aliphatic carbocycles. The molecule has 106 valence electrons. The number of hydrogen-bond donors (Lipinski definition) is 1. The van der Waals surface area contributed by atoms with Crippen molar-refractivity contribution in [3.63, 3.8) is 0 Å². The molecule has 0 saturated carbocycles. The molecule has 4 nitrogen and oxygen atoms in total. The molecule has 1 aromatic carbocycles. The third kappa shape index (κ3) is 2.38. The lowest BCUT2D eigenvalue weighted by atomic mass is 9.98. The zero-order valence-electron chi connectivity index (χ0n) is 10.4. The van der Waals surface area contributed by atoms with Gasteiger partial charge in [0.2, 0.25) is 0 Å². The molecule has 0 radical (unpaired) electrons. The number of nitrogens with zero attached hydrogens (tertiary/aromatic N) is 2. The largest absolute Gasteiger partial charge is 0.416 e. The van der Waals surface area contributed by atoms with Crippen molar-refractivity contribution in [1.82, 2.24) is 4.90 Å². The summed E-state index contributed by atoms with van der Waals surface area (Å²) < 4.78 is 39.1. The van der Waals surface area contributed by atoms with Gasteiger partial charge in [-0.15, -0.1) is 6.58 Å². The van der Waals surface area contributed by atoms with Crippen molar-refractivity contribution < 1.29 is 18.0 Å². The van der Waals surface area contributed by atoms with Gasteiger partial charge in [-0.3, -0.25) is 0 Å². The second-order valence-electron chi connectivity index (χ2n) is 4.25. The molecule has 0 bridgehead atoms. The molecule has 2 N–H and O–H groups in total. The van der Waals surface area contributed by atoms with Crippen molar-refractivity contribution >= 4 is 11.9 Å². The number of nitrogens with two attached hydrogens (primary N) is 1. The maximum atomic E-state index is 13.0. The van der Waals surface area contributed by atoms with Crippen molar-refractivity contribution in [3.05, 3.63) is 48.0 Å². The second-order valence-corrected chi connectivity index (χ2v) is 4.25. The Morgan fingerprint density at radius 2 is 2.05 bits per heavy atom. The first-order valence-electron chi connectivity index (χ1n) is 5.78. The Balaban J connectivity index is 2.52. The number of amides is 2. The van der Waals surface area contributed by atoms with Crippen molar-refractivity contribution in [1.29, 1.82) is 0 Å². The predicted octanol–water partition coefficient (Wildman–Crippen LogP) is 2.73. The van der Waals surface area contributed by atoms with E-state index in [-0.39, 0.29) is 17.9 Å². The van der Waals surface area contributed by atoms with E-state index < -0.39 is 23.8 Å². The van der Waals surface area contributed by atoms with Crippen molar-refractivity contribution in [3.8, 4) is 0 Å². The van der Waals surface area contributed by atoms with Gasteiger partial charge in [0.15, 0.2) is 0 Å². The third-order valence-corrected chi connectivity index (χ3v) is 2.95. The van der Waals surface area contributed by atoms with E-state index in [0.717, 1.165) is 11.0 Å². The molecule has 1 aromatic rings. The van der Waals surface area contributed by atoms with Crippen LogP contribution in [0, 0.1) is 0 Å². The lowest BCUT2D eigenvalue weighted by Gasteiger charge is -2.25. The van der Waals surface area contributed by atoms with Crippen LogP contribution in [0.2, 0.25) is 0 Å². The molecule has 0 saturated heterocycles. The fraction of sp³-hybridized carbons (Fsp3) is 0.231. The van der Waals surface area contributed by atoms with Crippen molar-refractivity contribution in [2.45, 2.75) is 12.2 Å². The number of amidine groups is 1. The van der Waals surface area contributed by atoms with Crippen LogP contribution in [-0.4, -0.2) is 23.3 Å². The number of alkyl halides is 3. The first-order valence-corrected chi connectivity index (χ1v) is 5.78. The molecule has 1 aliphatic rings. The summed E-state index contributed by atoms with van der Waals surface area (Å²) in [6.07, 6.45) is -3.11. The Morgan fingerprint density at radius 3 is 2.65 bits per heavy atom. The van der Waals surface area contributed by atoms with Crippen LogP contribution >= 0.6 is 0 Å². The fourth-order valence-electron chi connectivity index (χ4n) is 2.15. The van der Waals surface area contributed by atoms with E-state index in [4.69, 9.17) is 5.73 Å². The maximum Gasteiger partial charge on any atom is 0.416 e. The van der Waals surface area contributed by atoms with E-state index >= 15 is 0 Å². The quantitative estimate of drug-likeness (QED) is 0.867. The van der Waals surface area contributed by atoms with Gasteiger partial charge in [0, 0.05) is 6.54 Å². The van der Waals surface area contributed by atoms with Crippen molar-refractivity contribution in [2.24, 2.45) is 10.7 Å².